The number of amides is 1. The number of carbonyl (C=O) groups is 2. The van der Waals surface area contributed by atoms with Crippen LogP contribution >= 0.6 is 11.6 Å². The second-order valence-electron chi connectivity index (χ2n) is 3.85. The molecule has 0 aliphatic carbocycles. The SMILES string of the molecule is COCC(=O)N[C@@H](CC(=O)OC)c1ccccc1Cl. The van der Waals surface area contributed by atoms with Crippen LogP contribution in [0.15, 0.2) is 24.3 Å². The molecule has 0 fully saturated rings. The molecule has 0 aromatic heterocycles. The maximum absolute atomic E-state index is 11.6. The number of benzene rings is 1. The van der Waals surface area contributed by atoms with E-state index in [1.54, 1.807) is 24.3 Å². The second-order valence-corrected chi connectivity index (χ2v) is 4.26. The number of hydrogen-bond acceptors (Lipinski definition) is 4. The molecule has 0 bridgehead atoms. The molecule has 104 valence electrons. The van der Waals surface area contributed by atoms with E-state index < -0.39 is 12.0 Å². The Kier molecular flexibility index (Phi) is 6.32. The lowest BCUT2D eigenvalue weighted by Crippen LogP contribution is -2.33. The molecule has 0 aliphatic rings. The third-order valence-electron chi connectivity index (χ3n) is 2.49. The fourth-order valence-electron chi connectivity index (χ4n) is 1.61. The van der Waals surface area contributed by atoms with Crippen LogP contribution in [0.1, 0.15) is 18.0 Å². The summed E-state index contributed by atoms with van der Waals surface area (Å²) in [5.74, 6) is -0.751. The Balaban J connectivity index is 2.89. The van der Waals surface area contributed by atoms with E-state index in [0.717, 1.165) is 0 Å². The van der Waals surface area contributed by atoms with E-state index in [1.165, 1.54) is 14.2 Å². The van der Waals surface area contributed by atoms with Crippen LogP contribution < -0.4 is 5.32 Å². The van der Waals surface area contributed by atoms with Crippen LogP contribution in [0.5, 0.6) is 0 Å². The maximum atomic E-state index is 11.6. The van der Waals surface area contributed by atoms with E-state index in [9.17, 15) is 9.59 Å². The molecule has 6 heteroatoms. The zero-order chi connectivity index (χ0) is 14.3. The highest BCUT2D eigenvalue weighted by Gasteiger charge is 2.20. The molecule has 19 heavy (non-hydrogen) atoms. The molecule has 0 heterocycles. The number of halogens is 1. The second kappa shape index (κ2) is 7.76. The minimum atomic E-state index is -0.538. The molecular weight excluding hydrogens is 270 g/mol. The highest BCUT2D eigenvalue weighted by Crippen LogP contribution is 2.25. The van der Waals surface area contributed by atoms with E-state index in [1.807, 2.05) is 0 Å². The van der Waals surface area contributed by atoms with Gasteiger partial charge in [0.1, 0.15) is 6.61 Å². The Morgan fingerprint density at radius 3 is 2.58 bits per heavy atom. The van der Waals surface area contributed by atoms with Gasteiger partial charge in [-0.15, -0.1) is 0 Å². The van der Waals surface area contributed by atoms with Crippen molar-refractivity contribution in [1.29, 1.82) is 0 Å². The highest BCUT2D eigenvalue weighted by molar-refractivity contribution is 6.31. The molecule has 0 aliphatic heterocycles. The highest BCUT2D eigenvalue weighted by atomic mass is 35.5. The normalized spacial score (nSPS) is 11.7. The Labute approximate surface area is 116 Å². The maximum Gasteiger partial charge on any atom is 0.307 e. The first-order chi connectivity index (χ1) is 9.08. The fourth-order valence-corrected chi connectivity index (χ4v) is 1.88. The first-order valence-corrected chi connectivity index (χ1v) is 6.05. The topological polar surface area (TPSA) is 64.6 Å². The summed E-state index contributed by atoms with van der Waals surface area (Å²) in [6.07, 6.45) is 0.00961. The van der Waals surface area contributed by atoms with Crippen molar-refractivity contribution in [2.24, 2.45) is 0 Å². The first kappa shape index (κ1) is 15.5. The third-order valence-corrected chi connectivity index (χ3v) is 2.83. The third kappa shape index (κ3) is 4.89. The van der Waals surface area contributed by atoms with Crippen LogP contribution in [0.25, 0.3) is 0 Å². The number of rotatable bonds is 6. The molecule has 0 radical (unpaired) electrons. The average Bonchev–Trinajstić information content (AvgIpc) is 2.38. The summed E-state index contributed by atoms with van der Waals surface area (Å²) in [5, 5.41) is 3.17. The van der Waals surface area contributed by atoms with E-state index in [2.05, 4.69) is 10.1 Å². The van der Waals surface area contributed by atoms with Gasteiger partial charge in [-0.2, -0.15) is 0 Å². The number of carbonyl (C=O) groups excluding carboxylic acids is 2. The van der Waals surface area contributed by atoms with Gasteiger partial charge in [-0.3, -0.25) is 9.59 Å². The first-order valence-electron chi connectivity index (χ1n) is 5.68. The minimum Gasteiger partial charge on any atom is -0.469 e. The molecule has 0 unspecified atom stereocenters. The molecule has 1 amide bonds. The van der Waals surface area contributed by atoms with Crippen LogP contribution in [-0.2, 0) is 19.1 Å². The Morgan fingerprint density at radius 1 is 1.32 bits per heavy atom. The molecule has 5 nitrogen and oxygen atoms in total. The number of hydrogen-bond donors (Lipinski definition) is 1. The van der Waals surface area contributed by atoms with Crippen molar-refractivity contribution in [3.8, 4) is 0 Å². The average molecular weight is 286 g/mol. The van der Waals surface area contributed by atoms with Crippen molar-refractivity contribution in [3.63, 3.8) is 0 Å². The summed E-state index contributed by atoms with van der Waals surface area (Å²) in [4.78, 5) is 23.0. The van der Waals surface area contributed by atoms with Gasteiger partial charge >= 0.3 is 5.97 Å². The van der Waals surface area contributed by atoms with E-state index >= 15 is 0 Å². The van der Waals surface area contributed by atoms with Crippen molar-refractivity contribution in [1.82, 2.24) is 5.32 Å². The van der Waals surface area contributed by atoms with E-state index in [0.29, 0.717) is 10.6 Å². The summed E-state index contributed by atoms with van der Waals surface area (Å²) in [6, 6.07) is 6.47. The Hall–Kier alpha value is -1.59. The quantitative estimate of drug-likeness (QED) is 0.808. The van der Waals surface area contributed by atoms with E-state index in [4.69, 9.17) is 16.3 Å². The summed E-state index contributed by atoms with van der Waals surface area (Å²) in [5.41, 5.74) is 0.666. The lowest BCUT2D eigenvalue weighted by molar-refractivity contribution is -0.141. The van der Waals surface area contributed by atoms with Crippen LogP contribution in [0.3, 0.4) is 0 Å². The molecule has 0 spiro atoms. The van der Waals surface area contributed by atoms with Gasteiger partial charge in [0.25, 0.3) is 0 Å². The van der Waals surface area contributed by atoms with E-state index in [-0.39, 0.29) is 18.9 Å². The number of nitrogens with one attached hydrogen (secondary N) is 1. The van der Waals surface area contributed by atoms with Crippen LogP contribution in [0.2, 0.25) is 5.02 Å². The molecule has 0 saturated carbocycles. The molecule has 0 saturated heterocycles. The van der Waals surface area contributed by atoms with Gasteiger partial charge in [0.15, 0.2) is 0 Å². The molecule has 1 aromatic carbocycles. The Morgan fingerprint density at radius 2 is 2.00 bits per heavy atom. The largest absolute Gasteiger partial charge is 0.469 e. The van der Waals surface area contributed by atoms with Gasteiger partial charge in [0.2, 0.25) is 5.91 Å². The van der Waals surface area contributed by atoms with Crippen LogP contribution in [-0.4, -0.2) is 32.7 Å². The minimum absolute atomic E-state index is 0.00961. The predicted molar refractivity (Wildman–Crippen MR) is 70.8 cm³/mol. The van der Waals surface area contributed by atoms with Crippen molar-refractivity contribution in [3.05, 3.63) is 34.9 Å². The van der Waals surface area contributed by atoms with Crippen molar-refractivity contribution < 1.29 is 19.1 Å². The van der Waals surface area contributed by atoms with Crippen molar-refractivity contribution in [2.45, 2.75) is 12.5 Å². The summed E-state index contributed by atoms with van der Waals surface area (Å²) in [7, 11) is 2.72. The lowest BCUT2D eigenvalue weighted by atomic mass is 10.0. The monoisotopic (exact) mass is 285 g/mol. The molecule has 1 aromatic rings. The molecule has 1 N–H and O–H groups in total. The predicted octanol–water partition coefficient (Wildman–Crippen LogP) is 1.71. The molecule has 1 rings (SSSR count). The zero-order valence-corrected chi connectivity index (χ0v) is 11.6. The van der Waals surface area contributed by atoms with Gasteiger partial charge in [0, 0.05) is 12.1 Å². The van der Waals surface area contributed by atoms with Crippen molar-refractivity contribution >= 4 is 23.5 Å². The van der Waals surface area contributed by atoms with Crippen molar-refractivity contribution in [2.75, 3.05) is 20.8 Å². The van der Waals surface area contributed by atoms with Crippen LogP contribution in [0.4, 0.5) is 0 Å². The summed E-state index contributed by atoms with van der Waals surface area (Å²) >= 11 is 6.07. The number of esters is 1. The lowest BCUT2D eigenvalue weighted by Gasteiger charge is -2.19. The number of methoxy groups -OCH3 is 2. The summed E-state index contributed by atoms with van der Waals surface area (Å²) < 4.78 is 9.36. The number of ether oxygens (including phenoxy) is 2. The summed E-state index contributed by atoms with van der Waals surface area (Å²) in [6.45, 7) is -0.0812. The molecular formula is C13H16ClNO4. The molecule has 1 atom stereocenters. The van der Waals surface area contributed by atoms with Gasteiger partial charge < -0.3 is 14.8 Å². The fraction of sp³-hybridized carbons (Fsp3) is 0.385. The Bertz CT molecular complexity index is 450. The van der Waals surface area contributed by atoms with Gasteiger partial charge in [-0.1, -0.05) is 29.8 Å². The van der Waals surface area contributed by atoms with Gasteiger partial charge in [-0.05, 0) is 11.6 Å². The standard InChI is InChI=1S/C13H16ClNO4/c1-18-8-12(16)15-11(7-13(17)19-2)9-5-3-4-6-10(9)14/h3-6,11H,7-8H2,1-2H3,(H,15,16)/t11-/m0/s1. The van der Waals surface area contributed by atoms with Gasteiger partial charge in [0.05, 0.1) is 19.6 Å². The zero-order valence-electron chi connectivity index (χ0n) is 10.8. The van der Waals surface area contributed by atoms with Crippen LogP contribution in [0, 0.1) is 0 Å². The van der Waals surface area contributed by atoms with Gasteiger partial charge in [-0.25, -0.2) is 0 Å². The smallest absolute Gasteiger partial charge is 0.307 e.